The van der Waals surface area contributed by atoms with Gasteiger partial charge in [-0.1, -0.05) is 35.9 Å². The van der Waals surface area contributed by atoms with Crippen LogP contribution in [0.4, 0.5) is 4.79 Å². The van der Waals surface area contributed by atoms with Crippen LogP contribution in [0.5, 0.6) is 11.6 Å². The molecule has 1 aliphatic carbocycles. The lowest BCUT2D eigenvalue weighted by Gasteiger charge is -2.23. The number of hydrazine groups is 1. The largest absolute Gasteiger partial charge is 0.452 e. The third-order valence-electron chi connectivity index (χ3n) is 6.19. The van der Waals surface area contributed by atoms with Crippen LogP contribution in [0.15, 0.2) is 61.1 Å². The van der Waals surface area contributed by atoms with E-state index in [1.807, 2.05) is 50.2 Å². The molecule has 1 saturated carbocycles. The lowest BCUT2D eigenvalue weighted by atomic mass is 10.1. The first-order valence-electron chi connectivity index (χ1n) is 11.7. The minimum atomic E-state index is -0.693. The fourth-order valence-corrected chi connectivity index (χ4v) is 4.08. The lowest BCUT2D eigenvalue weighted by Crippen LogP contribution is -2.45. The van der Waals surface area contributed by atoms with Gasteiger partial charge in [-0.15, -0.1) is 5.10 Å². The number of carbonyl (C=O) groups is 2. The van der Waals surface area contributed by atoms with Crippen LogP contribution < -0.4 is 10.2 Å². The molecule has 0 spiro atoms. The monoisotopic (exact) mass is 485 g/mol. The number of fused-ring (bicyclic) bond motifs is 1. The van der Waals surface area contributed by atoms with Crippen molar-refractivity contribution in [2.45, 2.75) is 39.2 Å². The highest BCUT2D eigenvalue weighted by Gasteiger charge is 2.25. The molecule has 1 aliphatic rings. The lowest BCUT2D eigenvalue weighted by molar-refractivity contribution is 0.0688. The van der Waals surface area contributed by atoms with Crippen LogP contribution in [0.3, 0.4) is 0 Å². The molecule has 2 aromatic heterocycles. The Hall–Kier alpha value is -4.40. The molecular weight excluding hydrogens is 458 g/mol. The minimum absolute atomic E-state index is 0.0993. The van der Waals surface area contributed by atoms with Gasteiger partial charge in [0, 0.05) is 0 Å². The van der Waals surface area contributed by atoms with Crippen molar-refractivity contribution in [2.24, 2.45) is 0 Å². The maximum absolute atomic E-state index is 13.5. The third-order valence-corrected chi connectivity index (χ3v) is 6.19. The van der Waals surface area contributed by atoms with Gasteiger partial charge in [-0.05, 0) is 67.5 Å². The molecule has 9 heteroatoms. The van der Waals surface area contributed by atoms with Crippen LogP contribution in [0.1, 0.15) is 51.4 Å². The molecule has 184 valence electrons. The molecule has 9 nitrogen and oxygen atoms in total. The molecule has 0 bridgehead atoms. The van der Waals surface area contributed by atoms with Gasteiger partial charge in [0.2, 0.25) is 5.88 Å². The van der Waals surface area contributed by atoms with Gasteiger partial charge in [-0.25, -0.2) is 19.3 Å². The van der Waals surface area contributed by atoms with Gasteiger partial charge in [0.15, 0.2) is 0 Å². The second-order valence-corrected chi connectivity index (χ2v) is 9.00. The smallest absolute Gasteiger partial charge is 0.428 e. The summed E-state index contributed by atoms with van der Waals surface area (Å²) in [5, 5.41) is 5.60. The number of nitrogens with zero attached hydrogens (tertiary/aromatic N) is 4. The molecule has 0 unspecified atom stereocenters. The standard InChI is InChI=1S/C27H27N5O4/c1-17-7-8-21(18(2)11-17)15-31(27(34)35-3)29-25(33)24-13-22-14-28-16-32(22)30-26(24)36-23-6-4-5-20(12-23)19-9-10-19/h4-8,11-14,16,19H,9-10,15H2,1-3H3,(H,29,33). The number of aryl methyl sites for hydroxylation is 2. The second-order valence-electron chi connectivity index (χ2n) is 9.00. The van der Waals surface area contributed by atoms with E-state index in [4.69, 9.17) is 9.47 Å². The van der Waals surface area contributed by atoms with Crippen molar-refractivity contribution < 1.29 is 19.1 Å². The molecule has 4 aromatic rings. The SMILES string of the molecule is COC(=O)N(Cc1ccc(C)cc1C)NC(=O)c1cc2cncn2nc1Oc1cccc(C2CC2)c1. The van der Waals surface area contributed by atoms with Crippen molar-refractivity contribution in [3.63, 3.8) is 0 Å². The quantitative estimate of drug-likeness (QED) is 0.389. The first-order chi connectivity index (χ1) is 17.4. The Morgan fingerprint density at radius 1 is 1.14 bits per heavy atom. The first-order valence-corrected chi connectivity index (χ1v) is 11.7. The summed E-state index contributed by atoms with van der Waals surface area (Å²) >= 11 is 0. The molecule has 0 radical (unpaired) electrons. The van der Waals surface area contributed by atoms with E-state index in [2.05, 4.69) is 21.6 Å². The summed E-state index contributed by atoms with van der Waals surface area (Å²) < 4.78 is 12.5. The van der Waals surface area contributed by atoms with Crippen molar-refractivity contribution in [1.82, 2.24) is 25.0 Å². The fraction of sp³-hybridized carbons (Fsp3) is 0.259. The average Bonchev–Trinajstić information content (AvgIpc) is 3.62. The van der Waals surface area contributed by atoms with Gasteiger partial charge < -0.3 is 9.47 Å². The van der Waals surface area contributed by atoms with E-state index < -0.39 is 12.0 Å². The van der Waals surface area contributed by atoms with Crippen LogP contribution in [0, 0.1) is 13.8 Å². The number of nitrogens with one attached hydrogen (secondary N) is 1. The van der Waals surface area contributed by atoms with Gasteiger partial charge in [0.1, 0.15) is 17.6 Å². The highest BCUT2D eigenvalue weighted by Crippen LogP contribution is 2.41. The number of imidazole rings is 1. The Bertz CT molecular complexity index is 1440. The van der Waals surface area contributed by atoms with E-state index >= 15 is 0 Å². The fourth-order valence-electron chi connectivity index (χ4n) is 4.08. The molecule has 0 saturated heterocycles. The predicted octanol–water partition coefficient (Wildman–Crippen LogP) is 4.93. The maximum Gasteiger partial charge on any atom is 0.428 e. The van der Waals surface area contributed by atoms with E-state index in [0.29, 0.717) is 17.2 Å². The number of hydrogen-bond donors (Lipinski definition) is 1. The van der Waals surface area contributed by atoms with Gasteiger partial charge >= 0.3 is 6.09 Å². The summed E-state index contributed by atoms with van der Waals surface area (Å²) in [7, 11) is 1.27. The zero-order chi connectivity index (χ0) is 25.2. The van der Waals surface area contributed by atoms with Crippen molar-refractivity contribution in [3.05, 3.63) is 88.9 Å². The highest BCUT2D eigenvalue weighted by atomic mass is 16.5. The zero-order valence-electron chi connectivity index (χ0n) is 20.4. The topological polar surface area (TPSA) is 98.1 Å². The summed E-state index contributed by atoms with van der Waals surface area (Å²) in [6.07, 6.45) is 4.77. The molecule has 2 heterocycles. The van der Waals surface area contributed by atoms with Crippen molar-refractivity contribution in [2.75, 3.05) is 7.11 Å². The second kappa shape index (κ2) is 9.69. The summed E-state index contributed by atoms with van der Waals surface area (Å²) in [5.41, 5.74) is 7.63. The number of ether oxygens (including phenoxy) is 2. The molecule has 36 heavy (non-hydrogen) atoms. The highest BCUT2D eigenvalue weighted by molar-refractivity contribution is 5.98. The average molecular weight is 486 g/mol. The van der Waals surface area contributed by atoms with Gasteiger partial charge in [-0.3, -0.25) is 10.2 Å². The van der Waals surface area contributed by atoms with Crippen molar-refractivity contribution in [1.29, 1.82) is 0 Å². The number of aromatic nitrogens is 3. The van der Waals surface area contributed by atoms with Crippen molar-refractivity contribution in [3.8, 4) is 11.6 Å². The van der Waals surface area contributed by atoms with Crippen LogP contribution in [-0.2, 0) is 11.3 Å². The molecule has 2 aromatic carbocycles. The van der Waals surface area contributed by atoms with Crippen LogP contribution in [0.25, 0.3) is 5.52 Å². The number of carbonyl (C=O) groups excluding carboxylic acids is 2. The molecule has 1 N–H and O–H groups in total. The molecule has 2 amide bonds. The Morgan fingerprint density at radius 3 is 2.72 bits per heavy atom. The molecule has 1 fully saturated rings. The Balaban J connectivity index is 1.44. The van der Waals surface area contributed by atoms with Gasteiger partial charge in [0.25, 0.3) is 5.91 Å². The van der Waals surface area contributed by atoms with Crippen LogP contribution in [-0.4, -0.2) is 38.7 Å². The Labute approximate surface area is 208 Å². The van der Waals surface area contributed by atoms with Crippen molar-refractivity contribution >= 4 is 17.5 Å². The predicted molar refractivity (Wildman–Crippen MR) is 133 cm³/mol. The molecule has 0 aliphatic heterocycles. The number of benzene rings is 2. The summed E-state index contributed by atoms with van der Waals surface area (Å²) in [6.45, 7) is 4.09. The number of hydrogen-bond acceptors (Lipinski definition) is 6. The first kappa shape index (κ1) is 23.3. The zero-order valence-corrected chi connectivity index (χ0v) is 20.4. The summed E-state index contributed by atoms with van der Waals surface area (Å²) in [5.74, 6) is 0.678. The van der Waals surface area contributed by atoms with E-state index in [9.17, 15) is 9.59 Å². The summed E-state index contributed by atoms with van der Waals surface area (Å²) in [4.78, 5) is 30.1. The van der Waals surface area contributed by atoms with E-state index in [1.54, 1.807) is 12.3 Å². The van der Waals surface area contributed by atoms with Crippen LogP contribution >= 0.6 is 0 Å². The van der Waals surface area contributed by atoms with E-state index in [1.165, 1.54) is 36.4 Å². The molecule has 5 rings (SSSR count). The number of rotatable bonds is 6. The molecular formula is C27H27N5O4. The third kappa shape index (κ3) is 5.00. The maximum atomic E-state index is 13.5. The van der Waals surface area contributed by atoms with Gasteiger partial charge in [-0.2, -0.15) is 0 Å². The minimum Gasteiger partial charge on any atom is -0.452 e. The van der Waals surface area contributed by atoms with Gasteiger partial charge in [0.05, 0.1) is 25.4 Å². The Kier molecular flexibility index (Phi) is 6.28. The number of methoxy groups -OCH3 is 1. The van der Waals surface area contributed by atoms with E-state index in [0.717, 1.165) is 21.7 Å². The van der Waals surface area contributed by atoms with Crippen LogP contribution in [0.2, 0.25) is 0 Å². The molecule has 0 atom stereocenters. The number of amides is 2. The normalized spacial score (nSPS) is 12.9. The summed E-state index contributed by atoms with van der Waals surface area (Å²) in [6, 6.07) is 15.3. The Morgan fingerprint density at radius 2 is 1.97 bits per heavy atom. The van der Waals surface area contributed by atoms with E-state index in [-0.39, 0.29) is 18.0 Å².